The third kappa shape index (κ3) is 3.66. The smallest absolute Gasteiger partial charge is 0.146 e. The summed E-state index contributed by atoms with van der Waals surface area (Å²) in [6.45, 7) is 2.25. The highest BCUT2D eigenvalue weighted by Gasteiger charge is 2.29. The van der Waals surface area contributed by atoms with Crippen molar-refractivity contribution in [3.63, 3.8) is 0 Å². The molecule has 0 radical (unpaired) electrons. The third-order valence-electron chi connectivity index (χ3n) is 5.73. The summed E-state index contributed by atoms with van der Waals surface area (Å²) in [7, 11) is 0. The molecule has 138 valence electrons. The molecular weight excluding hydrogens is 352 g/mol. The fraction of sp³-hybridized carbons (Fsp3) is 0.435. The van der Waals surface area contributed by atoms with Crippen LogP contribution in [-0.2, 0) is 17.6 Å². The maximum absolute atomic E-state index is 12.4. The number of nitrogens with zero attached hydrogens (tertiary/aromatic N) is 2. The fourth-order valence-electron chi connectivity index (χ4n) is 4.23. The van der Waals surface area contributed by atoms with E-state index >= 15 is 0 Å². The van der Waals surface area contributed by atoms with E-state index in [1.165, 1.54) is 17.3 Å². The van der Waals surface area contributed by atoms with Gasteiger partial charge in [0.05, 0.1) is 16.5 Å². The van der Waals surface area contributed by atoms with E-state index in [9.17, 15) is 10.1 Å². The molecule has 27 heavy (non-hydrogen) atoms. The quantitative estimate of drug-likeness (QED) is 0.725. The highest BCUT2D eigenvalue weighted by Crippen LogP contribution is 2.40. The SMILES string of the molecule is C[C@@H]1CCc2c(-c3ccccc3)nc(S[C@@H]3CCCCC3=O)c(C#N)c2C1. The van der Waals surface area contributed by atoms with Crippen molar-refractivity contribution < 1.29 is 4.79 Å². The van der Waals surface area contributed by atoms with Gasteiger partial charge in [-0.15, -0.1) is 0 Å². The number of hydrogen-bond donors (Lipinski definition) is 0. The number of aromatic nitrogens is 1. The highest BCUT2D eigenvalue weighted by atomic mass is 32.2. The molecule has 1 saturated carbocycles. The molecule has 2 atom stereocenters. The Morgan fingerprint density at radius 2 is 1.93 bits per heavy atom. The van der Waals surface area contributed by atoms with Crippen LogP contribution < -0.4 is 0 Å². The average Bonchev–Trinajstić information content (AvgIpc) is 2.69. The highest BCUT2D eigenvalue weighted by molar-refractivity contribution is 8.00. The minimum Gasteiger partial charge on any atom is -0.298 e. The summed E-state index contributed by atoms with van der Waals surface area (Å²) in [5.74, 6) is 0.883. The number of benzene rings is 1. The van der Waals surface area contributed by atoms with Crippen LogP contribution in [0, 0.1) is 17.2 Å². The van der Waals surface area contributed by atoms with Gasteiger partial charge >= 0.3 is 0 Å². The normalized spacial score (nSPS) is 22.1. The van der Waals surface area contributed by atoms with E-state index in [1.807, 2.05) is 18.2 Å². The van der Waals surface area contributed by atoms with E-state index in [1.54, 1.807) is 0 Å². The van der Waals surface area contributed by atoms with Crippen LogP contribution in [0.1, 0.15) is 55.7 Å². The summed E-state index contributed by atoms with van der Waals surface area (Å²) in [6.07, 6.45) is 6.65. The van der Waals surface area contributed by atoms with Gasteiger partial charge in [0, 0.05) is 12.0 Å². The zero-order valence-electron chi connectivity index (χ0n) is 15.7. The number of carbonyl (C=O) groups excluding carboxylic acids is 1. The second-order valence-corrected chi connectivity index (χ2v) is 8.93. The molecule has 2 aromatic rings. The second-order valence-electron chi connectivity index (χ2n) is 7.74. The first-order valence-corrected chi connectivity index (χ1v) is 10.8. The fourth-order valence-corrected chi connectivity index (χ4v) is 5.46. The van der Waals surface area contributed by atoms with E-state index < -0.39 is 0 Å². The number of Topliss-reactive ketones (excluding diaryl/α,β-unsaturated/α-hetero) is 1. The van der Waals surface area contributed by atoms with Crippen LogP contribution >= 0.6 is 11.8 Å². The number of ketones is 1. The zero-order chi connectivity index (χ0) is 18.8. The number of fused-ring (bicyclic) bond motifs is 1. The van der Waals surface area contributed by atoms with Gasteiger partial charge in [0.1, 0.15) is 16.9 Å². The first-order valence-electron chi connectivity index (χ1n) is 9.88. The summed E-state index contributed by atoms with van der Waals surface area (Å²) < 4.78 is 0. The summed E-state index contributed by atoms with van der Waals surface area (Å²) in [4.78, 5) is 17.3. The number of nitriles is 1. The minimum atomic E-state index is -0.0546. The van der Waals surface area contributed by atoms with Crippen molar-refractivity contribution in [3.05, 3.63) is 47.0 Å². The lowest BCUT2D eigenvalue weighted by molar-refractivity contribution is -0.119. The number of thioether (sulfide) groups is 1. The van der Waals surface area contributed by atoms with Gasteiger partial charge in [-0.3, -0.25) is 4.79 Å². The molecule has 3 nitrogen and oxygen atoms in total. The molecule has 0 amide bonds. The molecule has 1 aromatic carbocycles. The van der Waals surface area contributed by atoms with Gasteiger partial charge in [0.15, 0.2) is 0 Å². The monoisotopic (exact) mass is 376 g/mol. The van der Waals surface area contributed by atoms with Gasteiger partial charge in [0.25, 0.3) is 0 Å². The Hall–Kier alpha value is -2.12. The molecule has 1 heterocycles. The van der Waals surface area contributed by atoms with Gasteiger partial charge in [-0.1, -0.05) is 55.4 Å². The van der Waals surface area contributed by atoms with Crippen molar-refractivity contribution in [1.29, 1.82) is 5.26 Å². The first kappa shape index (κ1) is 18.3. The van der Waals surface area contributed by atoms with Crippen LogP contribution in [0.2, 0.25) is 0 Å². The van der Waals surface area contributed by atoms with Crippen LogP contribution in [0.25, 0.3) is 11.3 Å². The van der Waals surface area contributed by atoms with Gasteiger partial charge in [0.2, 0.25) is 0 Å². The molecule has 4 rings (SSSR count). The van der Waals surface area contributed by atoms with Crippen molar-refractivity contribution in [1.82, 2.24) is 4.98 Å². The van der Waals surface area contributed by atoms with Gasteiger partial charge < -0.3 is 0 Å². The van der Waals surface area contributed by atoms with E-state index in [2.05, 4.69) is 25.1 Å². The largest absolute Gasteiger partial charge is 0.298 e. The van der Waals surface area contributed by atoms with Crippen LogP contribution in [-0.4, -0.2) is 16.0 Å². The molecule has 0 aliphatic heterocycles. The van der Waals surface area contributed by atoms with E-state index in [0.717, 1.165) is 60.4 Å². The van der Waals surface area contributed by atoms with Crippen molar-refractivity contribution >= 4 is 17.5 Å². The van der Waals surface area contributed by atoms with Gasteiger partial charge in [-0.25, -0.2) is 4.98 Å². The molecule has 0 spiro atoms. The molecule has 0 unspecified atom stereocenters. The third-order valence-corrected chi connectivity index (χ3v) is 7.03. The minimum absolute atomic E-state index is 0.0546. The second kappa shape index (κ2) is 7.86. The van der Waals surface area contributed by atoms with Gasteiger partial charge in [-0.2, -0.15) is 5.26 Å². The van der Waals surface area contributed by atoms with Crippen LogP contribution in [0.5, 0.6) is 0 Å². The Bertz CT molecular complexity index is 901. The lowest BCUT2D eigenvalue weighted by Crippen LogP contribution is -2.22. The number of pyridine rings is 1. The number of carbonyl (C=O) groups is 1. The number of rotatable bonds is 3. The standard InChI is InChI=1S/C23H24N2OS/c1-15-11-12-17-18(13-15)19(14-24)23(27-21-10-6-5-9-20(21)26)25-22(17)16-7-3-2-4-8-16/h2-4,7-8,15,21H,5-6,9-13H2,1H3/t15-,21-/m1/s1. The summed E-state index contributed by atoms with van der Waals surface area (Å²) in [5.41, 5.74) is 5.21. The molecule has 0 saturated heterocycles. The molecule has 4 heteroatoms. The maximum atomic E-state index is 12.4. The average molecular weight is 377 g/mol. The Morgan fingerprint density at radius 1 is 1.11 bits per heavy atom. The Kier molecular flexibility index (Phi) is 5.31. The maximum Gasteiger partial charge on any atom is 0.146 e. The lowest BCUT2D eigenvalue weighted by atomic mass is 9.81. The molecule has 1 aromatic heterocycles. The van der Waals surface area contributed by atoms with Crippen LogP contribution in [0.3, 0.4) is 0 Å². The van der Waals surface area contributed by atoms with Crippen LogP contribution in [0.4, 0.5) is 0 Å². The Labute approximate surface area is 165 Å². The van der Waals surface area contributed by atoms with Crippen molar-refractivity contribution in [2.45, 2.75) is 62.1 Å². The van der Waals surface area contributed by atoms with Gasteiger partial charge in [-0.05, 0) is 49.1 Å². The van der Waals surface area contributed by atoms with E-state index in [0.29, 0.717) is 23.7 Å². The Balaban J connectivity index is 1.84. The summed E-state index contributed by atoms with van der Waals surface area (Å²) >= 11 is 1.52. The first-order chi connectivity index (χ1) is 13.2. The van der Waals surface area contributed by atoms with Crippen LogP contribution in [0.15, 0.2) is 35.4 Å². The van der Waals surface area contributed by atoms with E-state index in [-0.39, 0.29) is 5.25 Å². The predicted molar refractivity (Wildman–Crippen MR) is 109 cm³/mol. The van der Waals surface area contributed by atoms with Crippen molar-refractivity contribution in [3.8, 4) is 17.3 Å². The topological polar surface area (TPSA) is 53.8 Å². The molecular formula is C23H24N2OS. The molecule has 0 N–H and O–H groups in total. The molecule has 2 aliphatic rings. The molecule has 2 aliphatic carbocycles. The number of hydrogen-bond acceptors (Lipinski definition) is 4. The Morgan fingerprint density at radius 3 is 2.67 bits per heavy atom. The van der Waals surface area contributed by atoms with Crippen molar-refractivity contribution in [2.24, 2.45) is 5.92 Å². The lowest BCUT2D eigenvalue weighted by Gasteiger charge is -2.27. The van der Waals surface area contributed by atoms with Crippen molar-refractivity contribution in [2.75, 3.05) is 0 Å². The van der Waals surface area contributed by atoms with E-state index in [4.69, 9.17) is 4.98 Å². The predicted octanol–water partition coefficient (Wildman–Crippen LogP) is 5.35. The summed E-state index contributed by atoms with van der Waals surface area (Å²) in [6, 6.07) is 12.7. The summed E-state index contributed by atoms with van der Waals surface area (Å²) in [5, 5.41) is 10.6. The zero-order valence-corrected chi connectivity index (χ0v) is 16.5. The molecule has 1 fully saturated rings. The molecule has 0 bridgehead atoms.